The molecule has 9 heteroatoms. The maximum Gasteiger partial charge on any atom is 0.312 e. The van der Waals surface area contributed by atoms with E-state index in [1.807, 2.05) is 24.3 Å². The Morgan fingerprint density at radius 1 is 1.21 bits per heavy atom. The lowest BCUT2D eigenvalue weighted by Gasteiger charge is -2.39. The number of aromatic amines is 1. The van der Waals surface area contributed by atoms with Crippen molar-refractivity contribution in [2.24, 2.45) is 5.41 Å². The topological polar surface area (TPSA) is 111 Å². The highest BCUT2D eigenvalue weighted by atomic mass is 32.2. The second kappa shape index (κ2) is 8.00. The molecule has 7 nitrogen and oxygen atoms in total. The Labute approximate surface area is 170 Å². The van der Waals surface area contributed by atoms with Crippen molar-refractivity contribution in [3.05, 3.63) is 44.4 Å². The lowest BCUT2D eigenvalue weighted by atomic mass is 9.70. The molecule has 0 spiro atoms. The van der Waals surface area contributed by atoms with Gasteiger partial charge in [0.25, 0.3) is 0 Å². The first-order chi connectivity index (χ1) is 13.3. The summed E-state index contributed by atoms with van der Waals surface area (Å²) >= 11 is 2.16. The summed E-state index contributed by atoms with van der Waals surface area (Å²) in [4.78, 5) is 41.0. The van der Waals surface area contributed by atoms with Gasteiger partial charge in [0.2, 0.25) is 0 Å². The summed E-state index contributed by atoms with van der Waals surface area (Å²) in [6, 6.07) is 7.54. The number of H-pyrrole nitrogens is 1. The Hall–Kier alpha value is -2.26. The first kappa shape index (κ1) is 20.5. The molecule has 1 aromatic heterocycles. The summed E-state index contributed by atoms with van der Waals surface area (Å²) < 4.78 is 0. The Balaban J connectivity index is 2.15. The Morgan fingerprint density at radius 3 is 2.39 bits per heavy atom. The molecule has 150 valence electrons. The minimum Gasteiger partial charge on any atom is -0.481 e. The van der Waals surface area contributed by atoms with Gasteiger partial charge in [0.05, 0.1) is 16.9 Å². The second-order valence-electron chi connectivity index (χ2n) is 6.73. The van der Waals surface area contributed by atoms with Gasteiger partial charge in [-0.2, -0.15) is 0 Å². The fourth-order valence-electron chi connectivity index (χ4n) is 3.78. The van der Waals surface area contributed by atoms with E-state index in [4.69, 9.17) is 0 Å². The van der Waals surface area contributed by atoms with Crippen molar-refractivity contribution >= 4 is 40.7 Å². The van der Waals surface area contributed by atoms with Crippen LogP contribution in [0.1, 0.15) is 36.6 Å². The molecule has 2 unspecified atom stereocenters. The van der Waals surface area contributed by atoms with Gasteiger partial charge in [-0.15, -0.1) is 11.8 Å². The zero-order valence-corrected chi connectivity index (χ0v) is 17.2. The van der Waals surface area contributed by atoms with E-state index in [9.17, 15) is 24.6 Å². The predicted molar refractivity (Wildman–Crippen MR) is 110 cm³/mol. The van der Waals surface area contributed by atoms with Crippen molar-refractivity contribution in [1.82, 2.24) is 4.98 Å². The molecule has 0 amide bonds. The highest BCUT2D eigenvalue weighted by Gasteiger charge is 2.53. The number of hydrogen-bond acceptors (Lipinski definition) is 6. The number of thiazole rings is 1. The molecule has 0 aliphatic carbocycles. The normalized spacial score (nSPS) is 21.1. The van der Waals surface area contributed by atoms with E-state index in [-0.39, 0.29) is 10.6 Å². The van der Waals surface area contributed by atoms with E-state index in [2.05, 4.69) is 23.7 Å². The molecule has 3 N–H and O–H groups in total. The Morgan fingerprint density at radius 2 is 1.86 bits per heavy atom. The number of thioether (sulfide) groups is 1. The van der Waals surface area contributed by atoms with Gasteiger partial charge in [-0.1, -0.05) is 23.5 Å². The molecule has 1 aromatic carbocycles. The van der Waals surface area contributed by atoms with Crippen LogP contribution >= 0.6 is 23.1 Å². The van der Waals surface area contributed by atoms with Gasteiger partial charge in [0.15, 0.2) is 0 Å². The Kier molecular flexibility index (Phi) is 5.85. The van der Waals surface area contributed by atoms with Crippen molar-refractivity contribution in [1.29, 1.82) is 0 Å². The molecule has 1 aliphatic rings. The lowest BCUT2D eigenvalue weighted by Crippen LogP contribution is -2.44. The van der Waals surface area contributed by atoms with Gasteiger partial charge < -0.3 is 20.1 Å². The van der Waals surface area contributed by atoms with Crippen LogP contribution in [0.5, 0.6) is 0 Å². The number of rotatable bonds is 7. The van der Waals surface area contributed by atoms with Crippen molar-refractivity contribution in [2.75, 3.05) is 23.7 Å². The highest BCUT2D eigenvalue weighted by Crippen LogP contribution is 2.54. The summed E-state index contributed by atoms with van der Waals surface area (Å²) in [6.07, 6.45) is -0.511. The molecule has 2 heterocycles. The van der Waals surface area contributed by atoms with E-state index in [1.54, 1.807) is 0 Å². The molecular weight excluding hydrogens is 400 g/mol. The van der Waals surface area contributed by atoms with Crippen LogP contribution in [0.4, 0.5) is 5.69 Å². The predicted octanol–water partition coefficient (Wildman–Crippen LogP) is 3.07. The number of anilines is 1. The first-order valence-electron chi connectivity index (χ1n) is 8.98. The van der Waals surface area contributed by atoms with E-state index in [1.165, 1.54) is 11.8 Å². The highest BCUT2D eigenvalue weighted by molar-refractivity contribution is 7.99. The quantitative estimate of drug-likeness (QED) is 0.629. The largest absolute Gasteiger partial charge is 0.481 e. The van der Waals surface area contributed by atoms with Crippen LogP contribution in [0.3, 0.4) is 0 Å². The van der Waals surface area contributed by atoms with Gasteiger partial charge in [-0.25, -0.2) is 0 Å². The van der Waals surface area contributed by atoms with Gasteiger partial charge >= 0.3 is 16.8 Å². The number of benzene rings is 1. The molecule has 2 aromatic rings. The molecule has 2 atom stereocenters. The minimum atomic E-state index is -1.52. The maximum atomic E-state index is 12.3. The van der Waals surface area contributed by atoms with Crippen LogP contribution in [0.25, 0.3) is 0 Å². The molecule has 1 aliphatic heterocycles. The monoisotopic (exact) mass is 422 g/mol. The number of aliphatic carboxylic acids is 2. The van der Waals surface area contributed by atoms with E-state index >= 15 is 0 Å². The summed E-state index contributed by atoms with van der Waals surface area (Å²) in [5.74, 6) is -2.95. The van der Waals surface area contributed by atoms with E-state index < -0.39 is 29.7 Å². The molecule has 0 bridgehead atoms. The van der Waals surface area contributed by atoms with Crippen molar-refractivity contribution in [3.63, 3.8) is 0 Å². The molecule has 0 radical (unpaired) electrons. The fourth-order valence-corrected chi connectivity index (χ4v) is 6.34. The number of carboxylic acid groups (broad SMARTS) is 2. The maximum absolute atomic E-state index is 12.3. The molecule has 0 saturated heterocycles. The summed E-state index contributed by atoms with van der Waals surface area (Å²) in [5, 5.41) is 20.1. The van der Waals surface area contributed by atoms with Crippen LogP contribution in [-0.2, 0) is 9.59 Å². The second-order valence-corrected chi connectivity index (χ2v) is 8.73. The third-order valence-corrected chi connectivity index (χ3v) is 7.53. The number of hydrogen-bond donors (Lipinski definition) is 3. The molecule has 0 saturated carbocycles. The van der Waals surface area contributed by atoms with Crippen LogP contribution in [-0.4, -0.2) is 46.0 Å². The smallest absolute Gasteiger partial charge is 0.312 e. The molecule has 28 heavy (non-hydrogen) atoms. The average Bonchev–Trinajstić information content (AvgIpc) is 3.02. The van der Waals surface area contributed by atoms with Crippen molar-refractivity contribution < 1.29 is 19.8 Å². The number of carbonyl (C=O) groups is 2. The van der Waals surface area contributed by atoms with Gasteiger partial charge in [-0.05, 0) is 31.5 Å². The summed E-state index contributed by atoms with van der Waals surface area (Å²) in [5.41, 5.74) is 0.197. The van der Waals surface area contributed by atoms with Crippen molar-refractivity contribution in [3.8, 4) is 0 Å². The van der Waals surface area contributed by atoms with Gasteiger partial charge in [-0.3, -0.25) is 14.4 Å². The third-order valence-electron chi connectivity index (χ3n) is 5.18. The van der Waals surface area contributed by atoms with E-state index in [0.717, 1.165) is 30.1 Å². The number of fused-ring (bicyclic) bond motifs is 1. The number of nitrogens with zero attached hydrogens (tertiary/aromatic N) is 1. The third kappa shape index (κ3) is 3.56. The number of aromatic nitrogens is 1. The van der Waals surface area contributed by atoms with Crippen LogP contribution < -0.4 is 9.77 Å². The van der Waals surface area contributed by atoms with Gasteiger partial charge in [0, 0.05) is 35.3 Å². The van der Waals surface area contributed by atoms with E-state index in [0.29, 0.717) is 15.5 Å². The average molecular weight is 423 g/mol. The van der Waals surface area contributed by atoms with Crippen LogP contribution in [0.2, 0.25) is 0 Å². The standard InChI is InChI=1S/C19H22N2O5S2/c1-3-21(4-2)12-7-5-11(6-8-12)14-15-16(20-18(26)28-15)27-10-19(14,17(24)25)9-13(22)23/h5-8,14H,3-4,9-10H2,1-2H3,(H,20,26)(H,22,23)(H,24,25). The zero-order chi connectivity index (χ0) is 20.5. The molecule has 3 rings (SSSR count). The first-order valence-corrected chi connectivity index (χ1v) is 10.8. The Bertz CT molecular complexity index is 933. The van der Waals surface area contributed by atoms with Crippen molar-refractivity contribution in [2.45, 2.75) is 31.2 Å². The number of nitrogens with one attached hydrogen (secondary N) is 1. The summed E-state index contributed by atoms with van der Waals surface area (Å²) in [6.45, 7) is 5.80. The van der Waals surface area contributed by atoms with Crippen LogP contribution in [0, 0.1) is 5.41 Å². The lowest BCUT2D eigenvalue weighted by molar-refractivity contribution is -0.155. The van der Waals surface area contributed by atoms with Gasteiger partial charge in [0.1, 0.15) is 0 Å². The fraction of sp³-hybridized carbons (Fsp3) is 0.421. The van der Waals surface area contributed by atoms with Crippen LogP contribution in [0.15, 0.2) is 34.1 Å². The number of carboxylic acids is 2. The summed E-state index contributed by atoms with van der Waals surface area (Å²) in [7, 11) is 0. The molecule has 0 fully saturated rings. The molecular formula is C19H22N2O5S2. The SMILES string of the molecule is CCN(CC)c1ccc(C2c3sc(=O)[nH]c3SCC2(CC(=O)O)C(=O)O)cc1. The minimum absolute atomic E-state index is 0.0801. The zero-order valence-electron chi connectivity index (χ0n) is 15.6.